The first-order valence-corrected chi connectivity index (χ1v) is 9.73. The van der Waals surface area contributed by atoms with Crippen molar-refractivity contribution in [3.05, 3.63) is 81.8 Å². The Morgan fingerprint density at radius 2 is 1.70 bits per heavy atom. The Morgan fingerprint density at radius 3 is 2.52 bits per heavy atom. The van der Waals surface area contributed by atoms with Crippen LogP contribution in [0.2, 0.25) is 10.0 Å². The molecule has 0 amide bonds. The standard InChI is InChI=1S/C22H19Cl2NO2/c23-18-11-4-10-17(20(18)24)21(25-13-5-12-19(25)22(26)27)16-9-3-7-14-6-1-2-8-15(14)16/h1-4,6-11,19,21H,5,12-13H2,(H,26,27). The Balaban J connectivity index is 1.96. The van der Waals surface area contributed by atoms with E-state index in [2.05, 4.69) is 24.3 Å². The van der Waals surface area contributed by atoms with Crippen molar-refractivity contribution in [3.63, 3.8) is 0 Å². The summed E-state index contributed by atoms with van der Waals surface area (Å²) in [6.45, 7) is 0.702. The number of halogens is 2. The van der Waals surface area contributed by atoms with Crippen LogP contribution in [0.3, 0.4) is 0 Å². The van der Waals surface area contributed by atoms with E-state index in [0.29, 0.717) is 23.0 Å². The maximum absolute atomic E-state index is 11.9. The van der Waals surface area contributed by atoms with Crippen LogP contribution in [0.1, 0.15) is 30.0 Å². The molecule has 1 aliphatic heterocycles. The molecule has 27 heavy (non-hydrogen) atoms. The summed E-state index contributed by atoms with van der Waals surface area (Å²) in [7, 11) is 0. The Morgan fingerprint density at radius 1 is 1.00 bits per heavy atom. The van der Waals surface area contributed by atoms with Gasteiger partial charge >= 0.3 is 5.97 Å². The maximum atomic E-state index is 11.9. The lowest BCUT2D eigenvalue weighted by Gasteiger charge is -2.33. The van der Waals surface area contributed by atoms with Crippen LogP contribution in [0.15, 0.2) is 60.7 Å². The van der Waals surface area contributed by atoms with Crippen LogP contribution in [0.4, 0.5) is 0 Å². The molecule has 5 heteroatoms. The highest BCUT2D eigenvalue weighted by Crippen LogP contribution is 2.42. The van der Waals surface area contributed by atoms with E-state index in [-0.39, 0.29) is 6.04 Å². The molecule has 3 aromatic rings. The van der Waals surface area contributed by atoms with E-state index in [9.17, 15) is 9.90 Å². The van der Waals surface area contributed by atoms with Crippen LogP contribution in [0.5, 0.6) is 0 Å². The second-order valence-electron chi connectivity index (χ2n) is 6.85. The number of benzene rings is 3. The van der Waals surface area contributed by atoms with Crippen molar-refractivity contribution < 1.29 is 9.90 Å². The van der Waals surface area contributed by atoms with Gasteiger partial charge in [-0.25, -0.2) is 0 Å². The summed E-state index contributed by atoms with van der Waals surface area (Å²) in [4.78, 5) is 13.9. The SMILES string of the molecule is O=C(O)C1CCCN1C(c1cccc(Cl)c1Cl)c1cccc2ccccc12. The van der Waals surface area contributed by atoms with Crippen LogP contribution in [0.25, 0.3) is 10.8 Å². The molecule has 2 unspecified atom stereocenters. The first-order chi connectivity index (χ1) is 13.1. The lowest BCUT2D eigenvalue weighted by Crippen LogP contribution is -2.39. The van der Waals surface area contributed by atoms with Crippen LogP contribution < -0.4 is 0 Å². The Bertz CT molecular complexity index is 999. The summed E-state index contributed by atoms with van der Waals surface area (Å²) in [5, 5.41) is 12.9. The van der Waals surface area contributed by atoms with E-state index < -0.39 is 12.0 Å². The summed E-state index contributed by atoms with van der Waals surface area (Å²) in [5.74, 6) is -0.795. The van der Waals surface area contributed by atoms with Gasteiger partial charge in [-0.2, -0.15) is 0 Å². The minimum atomic E-state index is -0.795. The molecular formula is C22H19Cl2NO2. The highest BCUT2D eigenvalue weighted by molar-refractivity contribution is 6.42. The zero-order valence-electron chi connectivity index (χ0n) is 14.6. The minimum absolute atomic E-state index is 0.272. The van der Waals surface area contributed by atoms with E-state index >= 15 is 0 Å². The first kappa shape index (κ1) is 18.3. The predicted octanol–water partition coefficient (Wildman–Crippen LogP) is 5.79. The number of hydrogen-bond donors (Lipinski definition) is 1. The molecule has 0 spiro atoms. The van der Waals surface area contributed by atoms with Gasteiger partial charge in [-0.1, -0.05) is 77.8 Å². The topological polar surface area (TPSA) is 40.5 Å². The molecule has 0 bridgehead atoms. The van der Waals surface area contributed by atoms with Crippen molar-refractivity contribution in [1.29, 1.82) is 0 Å². The van der Waals surface area contributed by atoms with Crippen LogP contribution in [-0.2, 0) is 4.79 Å². The zero-order valence-corrected chi connectivity index (χ0v) is 16.1. The minimum Gasteiger partial charge on any atom is -0.480 e. The predicted molar refractivity (Wildman–Crippen MR) is 110 cm³/mol. The van der Waals surface area contributed by atoms with Crippen molar-refractivity contribution in [1.82, 2.24) is 4.90 Å². The third-order valence-corrected chi connectivity index (χ3v) is 6.14. The molecular weight excluding hydrogens is 381 g/mol. The fraction of sp³-hybridized carbons (Fsp3) is 0.227. The fourth-order valence-electron chi connectivity index (χ4n) is 4.11. The second kappa shape index (κ2) is 7.51. The van der Waals surface area contributed by atoms with E-state index in [1.807, 2.05) is 35.2 Å². The molecule has 0 radical (unpaired) electrons. The monoisotopic (exact) mass is 399 g/mol. The summed E-state index contributed by atoms with van der Waals surface area (Å²) in [5.41, 5.74) is 1.89. The van der Waals surface area contributed by atoms with Gasteiger partial charge in [-0.05, 0) is 40.8 Å². The molecule has 138 valence electrons. The summed E-state index contributed by atoms with van der Waals surface area (Å²) >= 11 is 12.9. The van der Waals surface area contributed by atoms with Crippen LogP contribution in [-0.4, -0.2) is 28.6 Å². The second-order valence-corrected chi connectivity index (χ2v) is 7.63. The molecule has 0 aliphatic carbocycles. The maximum Gasteiger partial charge on any atom is 0.320 e. The lowest BCUT2D eigenvalue weighted by molar-refractivity contribution is -0.142. The van der Waals surface area contributed by atoms with Gasteiger partial charge < -0.3 is 5.11 Å². The molecule has 2 atom stereocenters. The lowest BCUT2D eigenvalue weighted by atomic mass is 9.92. The van der Waals surface area contributed by atoms with Crippen molar-refractivity contribution >= 4 is 39.9 Å². The van der Waals surface area contributed by atoms with Gasteiger partial charge in [0.15, 0.2) is 0 Å². The first-order valence-electron chi connectivity index (χ1n) is 8.98. The van der Waals surface area contributed by atoms with Crippen LogP contribution >= 0.6 is 23.2 Å². The summed E-state index contributed by atoms with van der Waals surface area (Å²) < 4.78 is 0. The summed E-state index contributed by atoms with van der Waals surface area (Å²) in [6, 6.07) is 19.0. The zero-order chi connectivity index (χ0) is 19.0. The summed E-state index contributed by atoms with van der Waals surface area (Å²) in [6.07, 6.45) is 1.48. The number of hydrogen-bond acceptors (Lipinski definition) is 2. The van der Waals surface area contributed by atoms with Gasteiger partial charge in [0.25, 0.3) is 0 Å². The molecule has 0 saturated carbocycles. The molecule has 1 N–H and O–H groups in total. The van der Waals surface area contributed by atoms with Crippen molar-refractivity contribution in [2.24, 2.45) is 0 Å². The van der Waals surface area contributed by atoms with Gasteiger partial charge in [-0.3, -0.25) is 9.69 Å². The number of carboxylic acid groups (broad SMARTS) is 1. The molecule has 1 fully saturated rings. The Labute approximate surface area is 168 Å². The molecule has 1 saturated heterocycles. The van der Waals surface area contributed by atoms with Gasteiger partial charge in [0.1, 0.15) is 6.04 Å². The van der Waals surface area contributed by atoms with Gasteiger partial charge in [0.2, 0.25) is 0 Å². The number of fused-ring (bicyclic) bond motifs is 1. The third-order valence-electron chi connectivity index (χ3n) is 5.30. The average molecular weight is 400 g/mol. The van der Waals surface area contributed by atoms with Crippen molar-refractivity contribution in [2.75, 3.05) is 6.54 Å². The number of carbonyl (C=O) groups is 1. The molecule has 3 aromatic carbocycles. The molecule has 4 rings (SSSR count). The normalized spacial score (nSPS) is 18.7. The van der Waals surface area contributed by atoms with Gasteiger partial charge in [0.05, 0.1) is 16.1 Å². The van der Waals surface area contributed by atoms with Crippen LogP contribution in [0, 0.1) is 0 Å². The largest absolute Gasteiger partial charge is 0.480 e. The Kier molecular flexibility index (Phi) is 5.09. The van der Waals surface area contributed by atoms with E-state index in [1.165, 1.54) is 0 Å². The van der Waals surface area contributed by atoms with E-state index in [0.717, 1.165) is 28.3 Å². The number of rotatable bonds is 4. The van der Waals surface area contributed by atoms with Gasteiger partial charge in [0, 0.05) is 6.54 Å². The van der Waals surface area contributed by atoms with Crippen molar-refractivity contribution in [3.8, 4) is 0 Å². The van der Waals surface area contributed by atoms with Crippen molar-refractivity contribution in [2.45, 2.75) is 24.9 Å². The smallest absolute Gasteiger partial charge is 0.320 e. The average Bonchev–Trinajstić information content (AvgIpc) is 3.15. The van der Waals surface area contributed by atoms with E-state index in [4.69, 9.17) is 23.2 Å². The highest BCUT2D eigenvalue weighted by Gasteiger charge is 2.38. The highest BCUT2D eigenvalue weighted by atomic mass is 35.5. The molecule has 0 aromatic heterocycles. The fourth-order valence-corrected chi connectivity index (χ4v) is 4.52. The quantitative estimate of drug-likeness (QED) is 0.603. The number of nitrogens with zero attached hydrogens (tertiary/aromatic N) is 1. The van der Waals surface area contributed by atoms with Gasteiger partial charge in [-0.15, -0.1) is 0 Å². The Hall–Kier alpha value is -2.07. The number of carboxylic acids is 1. The molecule has 1 aliphatic rings. The number of likely N-dealkylation sites (tertiary alicyclic amines) is 1. The van der Waals surface area contributed by atoms with E-state index in [1.54, 1.807) is 6.07 Å². The molecule has 3 nitrogen and oxygen atoms in total. The molecule has 1 heterocycles. The third kappa shape index (κ3) is 3.31. The number of aliphatic carboxylic acids is 1.